The molecule has 0 saturated heterocycles. The van der Waals surface area contributed by atoms with E-state index in [1.165, 1.54) is 0 Å². The quantitative estimate of drug-likeness (QED) is 0.516. The minimum Gasteiger partial charge on any atom is -0.288 e. The normalized spacial score (nSPS) is 41.4. The summed E-state index contributed by atoms with van der Waals surface area (Å²) in [6.45, 7) is 4.21. The van der Waals surface area contributed by atoms with Crippen molar-refractivity contribution in [3.63, 3.8) is 0 Å². The van der Waals surface area contributed by atoms with Gasteiger partial charge in [0.15, 0.2) is 0 Å². The predicted octanol–water partition coefficient (Wildman–Crippen LogP) is 2.17. The zero-order valence-corrected chi connectivity index (χ0v) is 7.22. The molecule has 0 aromatic carbocycles. The van der Waals surface area contributed by atoms with E-state index < -0.39 is 0 Å². The monoisotopic (exact) mass is 187 g/mol. The number of nitrogens with zero attached hydrogens (tertiary/aromatic N) is 1. The van der Waals surface area contributed by atoms with Crippen molar-refractivity contribution in [3.05, 3.63) is 12.2 Å². The Morgan fingerprint density at radius 1 is 1.67 bits per heavy atom. The van der Waals surface area contributed by atoms with Gasteiger partial charge in [-0.1, -0.05) is 22.0 Å². The second kappa shape index (κ2) is 2.25. The van der Waals surface area contributed by atoms with E-state index in [0.29, 0.717) is 6.04 Å². The number of halogens is 1. The van der Waals surface area contributed by atoms with Crippen molar-refractivity contribution in [1.29, 1.82) is 0 Å². The summed E-state index contributed by atoms with van der Waals surface area (Å²) in [5.74, 6) is 0. The third kappa shape index (κ3) is 1.42. The van der Waals surface area contributed by atoms with Crippen LogP contribution in [0, 0.1) is 0 Å². The smallest absolute Gasteiger partial charge is 0.0656 e. The first kappa shape index (κ1) is 7.00. The van der Waals surface area contributed by atoms with Crippen LogP contribution in [-0.4, -0.2) is 16.6 Å². The second-order valence-corrected chi connectivity index (χ2v) is 4.19. The molecule has 0 radical (unpaired) electrons. The Hall–Kier alpha value is -0.110. The molecule has 0 saturated carbocycles. The van der Waals surface area contributed by atoms with Crippen LogP contribution < -0.4 is 0 Å². The average molecular weight is 188 g/mol. The molecule has 2 heteroatoms. The van der Waals surface area contributed by atoms with Crippen molar-refractivity contribution in [2.24, 2.45) is 4.99 Å². The zero-order valence-electron chi connectivity index (χ0n) is 5.63. The summed E-state index contributed by atoms with van der Waals surface area (Å²) in [6.07, 6.45) is 5.92. The largest absolute Gasteiger partial charge is 0.288 e. The van der Waals surface area contributed by atoms with Gasteiger partial charge in [0.25, 0.3) is 0 Å². The third-order valence-corrected chi connectivity index (χ3v) is 2.56. The van der Waals surface area contributed by atoms with Crippen LogP contribution in [0.5, 0.6) is 0 Å². The number of dihydropyridines is 1. The van der Waals surface area contributed by atoms with E-state index in [2.05, 4.69) is 40.8 Å². The van der Waals surface area contributed by atoms with E-state index >= 15 is 0 Å². The van der Waals surface area contributed by atoms with Crippen LogP contribution in [-0.2, 0) is 0 Å². The van der Waals surface area contributed by atoms with E-state index in [1.54, 1.807) is 0 Å². The van der Waals surface area contributed by atoms with E-state index in [4.69, 9.17) is 0 Å². The van der Waals surface area contributed by atoms with Crippen molar-refractivity contribution in [2.45, 2.75) is 24.2 Å². The van der Waals surface area contributed by atoms with E-state index in [1.807, 2.05) is 12.3 Å². The van der Waals surface area contributed by atoms with Crippen LogP contribution in [0.1, 0.15) is 13.8 Å². The van der Waals surface area contributed by atoms with Gasteiger partial charge in [0.2, 0.25) is 0 Å². The molecule has 2 atom stereocenters. The summed E-state index contributed by atoms with van der Waals surface area (Å²) in [4.78, 5) is 4.22. The maximum Gasteiger partial charge on any atom is 0.0656 e. The number of allylic oxidation sites excluding steroid dienone is 1. The highest BCUT2D eigenvalue weighted by Gasteiger charge is 2.25. The third-order valence-electron chi connectivity index (χ3n) is 1.63. The van der Waals surface area contributed by atoms with Crippen LogP contribution in [0.15, 0.2) is 17.1 Å². The lowest BCUT2D eigenvalue weighted by molar-refractivity contribution is 0.638. The Labute approximate surface area is 64.0 Å². The molecule has 0 N–H and O–H groups in total. The Bertz CT molecular complexity index is 158. The fourth-order valence-corrected chi connectivity index (χ4v) is 0.966. The maximum atomic E-state index is 4.22. The van der Waals surface area contributed by atoms with Gasteiger partial charge >= 0.3 is 0 Å². The van der Waals surface area contributed by atoms with Crippen LogP contribution in [0.4, 0.5) is 0 Å². The molecule has 1 heterocycles. The number of aliphatic imine (C=N–C) groups is 1. The molecule has 1 aliphatic heterocycles. The van der Waals surface area contributed by atoms with Gasteiger partial charge < -0.3 is 0 Å². The van der Waals surface area contributed by atoms with E-state index in [0.717, 1.165) is 0 Å². The minimum atomic E-state index is 0.0712. The van der Waals surface area contributed by atoms with Gasteiger partial charge in [0.1, 0.15) is 0 Å². The Balaban J connectivity index is 2.78. The SMILES string of the molecule is C[C@@H]1N=CC=CC1(C)Br. The molecule has 0 amide bonds. The van der Waals surface area contributed by atoms with Crippen LogP contribution in [0.2, 0.25) is 0 Å². The van der Waals surface area contributed by atoms with Gasteiger partial charge in [-0.25, -0.2) is 0 Å². The van der Waals surface area contributed by atoms with Crippen molar-refractivity contribution in [2.75, 3.05) is 0 Å². The maximum absolute atomic E-state index is 4.22. The van der Waals surface area contributed by atoms with Crippen molar-refractivity contribution in [3.8, 4) is 0 Å². The lowest BCUT2D eigenvalue weighted by atomic mass is 10.0. The molecular weight excluding hydrogens is 178 g/mol. The summed E-state index contributed by atoms with van der Waals surface area (Å²) < 4.78 is 0.0712. The van der Waals surface area contributed by atoms with Crippen LogP contribution in [0.25, 0.3) is 0 Å². The summed E-state index contributed by atoms with van der Waals surface area (Å²) in [6, 6.07) is 0.350. The first-order valence-electron chi connectivity index (χ1n) is 3.03. The van der Waals surface area contributed by atoms with Crippen molar-refractivity contribution >= 4 is 22.1 Å². The standard InChI is InChI=1S/C7H10BrN/c1-6-7(2,8)4-3-5-9-6/h3-6H,1-2H3/t6-,7?/m0/s1. The predicted molar refractivity (Wildman–Crippen MR) is 44.4 cm³/mol. The van der Waals surface area contributed by atoms with Gasteiger partial charge in [-0.3, -0.25) is 4.99 Å². The highest BCUT2D eigenvalue weighted by Crippen LogP contribution is 2.27. The van der Waals surface area contributed by atoms with Gasteiger partial charge in [0, 0.05) is 6.21 Å². The summed E-state index contributed by atoms with van der Waals surface area (Å²) in [5, 5.41) is 0. The minimum absolute atomic E-state index is 0.0712. The molecule has 0 spiro atoms. The molecule has 1 rings (SSSR count). The summed E-state index contributed by atoms with van der Waals surface area (Å²) in [5.41, 5.74) is 0. The Morgan fingerprint density at radius 2 is 2.33 bits per heavy atom. The van der Waals surface area contributed by atoms with Crippen LogP contribution in [0.3, 0.4) is 0 Å². The fourth-order valence-electron chi connectivity index (χ4n) is 0.695. The van der Waals surface area contributed by atoms with E-state index in [-0.39, 0.29) is 4.32 Å². The highest BCUT2D eigenvalue weighted by molar-refractivity contribution is 9.10. The van der Waals surface area contributed by atoms with Crippen molar-refractivity contribution < 1.29 is 0 Å². The Morgan fingerprint density at radius 3 is 2.67 bits per heavy atom. The fraction of sp³-hybridized carbons (Fsp3) is 0.571. The summed E-state index contributed by atoms with van der Waals surface area (Å²) >= 11 is 3.56. The number of hydrogen-bond donors (Lipinski definition) is 0. The molecule has 0 aromatic rings. The lowest BCUT2D eigenvalue weighted by Crippen LogP contribution is -2.28. The number of hydrogen-bond acceptors (Lipinski definition) is 1. The van der Waals surface area contributed by atoms with Gasteiger partial charge in [-0.15, -0.1) is 0 Å². The lowest BCUT2D eigenvalue weighted by Gasteiger charge is -2.24. The summed E-state index contributed by atoms with van der Waals surface area (Å²) in [7, 11) is 0. The molecule has 1 aliphatic rings. The highest BCUT2D eigenvalue weighted by atomic mass is 79.9. The second-order valence-electron chi connectivity index (χ2n) is 2.48. The van der Waals surface area contributed by atoms with E-state index in [9.17, 15) is 0 Å². The number of alkyl halides is 1. The van der Waals surface area contributed by atoms with Crippen LogP contribution >= 0.6 is 15.9 Å². The average Bonchev–Trinajstić information content (AvgIpc) is 1.77. The van der Waals surface area contributed by atoms with Gasteiger partial charge in [-0.2, -0.15) is 0 Å². The molecule has 9 heavy (non-hydrogen) atoms. The molecule has 1 nitrogen and oxygen atoms in total. The van der Waals surface area contributed by atoms with Gasteiger partial charge in [-0.05, 0) is 19.9 Å². The molecule has 50 valence electrons. The topological polar surface area (TPSA) is 12.4 Å². The van der Waals surface area contributed by atoms with Gasteiger partial charge in [0.05, 0.1) is 10.4 Å². The zero-order chi connectivity index (χ0) is 6.91. The first-order chi connectivity index (χ1) is 4.13. The molecule has 0 fully saturated rings. The molecule has 0 aliphatic carbocycles. The first-order valence-corrected chi connectivity index (χ1v) is 3.82. The molecular formula is C7H10BrN. The number of rotatable bonds is 0. The molecule has 1 unspecified atom stereocenters. The molecule has 0 aromatic heterocycles. The molecule has 0 bridgehead atoms. The Kier molecular flexibility index (Phi) is 1.75. The van der Waals surface area contributed by atoms with Crippen molar-refractivity contribution in [1.82, 2.24) is 0 Å².